The minimum atomic E-state index is -0.357. The number of nitrogens with one attached hydrogen (secondary N) is 2. The molecule has 5 rings (SSSR count). The van der Waals surface area contributed by atoms with Gasteiger partial charge in [-0.1, -0.05) is 53.6 Å². The molecule has 0 saturated carbocycles. The Labute approximate surface area is 194 Å². The summed E-state index contributed by atoms with van der Waals surface area (Å²) >= 11 is 6.04. The Morgan fingerprint density at radius 2 is 1.85 bits per heavy atom. The Bertz CT molecular complexity index is 1360. The number of nitrogens with zero attached hydrogens (tertiary/aromatic N) is 3. The molecule has 0 bridgehead atoms. The highest BCUT2D eigenvalue weighted by molar-refractivity contribution is 6.30. The maximum Gasteiger partial charge on any atom is 0.258 e. The minimum Gasteiger partial charge on any atom is -0.324 e. The Hall–Kier alpha value is -3.97. The molecule has 2 N–H and O–H groups in total. The summed E-state index contributed by atoms with van der Waals surface area (Å²) < 4.78 is 15.2. The molecule has 0 radical (unpaired) electrons. The maximum absolute atomic E-state index is 13.5. The van der Waals surface area contributed by atoms with Crippen molar-refractivity contribution in [1.82, 2.24) is 14.8 Å². The van der Waals surface area contributed by atoms with E-state index in [4.69, 9.17) is 11.6 Å². The zero-order valence-corrected chi connectivity index (χ0v) is 18.3. The van der Waals surface area contributed by atoms with Gasteiger partial charge in [0.2, 0.25) is 5.95 Å². The number of anilines is 2. The summed E-state index contributed by atoms with van der Waals surface area (Å²) in [6.07, 6.45) is 1.98. The Balaban J connectivity index is 1.51. The van der Waals surface area contributed by atoms with Crippen LogP contribution in [0, 0.1) is 12.7 Å². The highest BCUT2D eigenvalue weighted by Crippen LogP contribution is 2.33. The summed E-state index contributed by atoms with van der Waals surface area (Å²) in [5.74, 6) is 0.00330. The van der Waals surface area contributed by atoms with E-state index in [1.807, 2.05) is 37.3 Å². The number of halogens is 2. The number of aryl methyl sites for hydroxylation is 1. The summed E-state index contributed by atoms with van der Waals surface area (Å²) in [6, 6.07) is 20.6. The van der Waals surface area contributed by atoms with Gasteiger partial charge in [0, 0.05) is 16.3 Å². The van der Waals surface area contributed by atoms with Crippen molar-refractivity contribution >= 4 is 35.1 Å². The van der Waals surface area contributed by atoms with E-state index >= 15 is 0 Å². The van der Waals surface area contributed by atoms with Crippen LogP contribution in [0.15, 0.2) is 78.9 Å². The first-order valence-electron chi connectivity index (χ1n) is 10.3. The number of carbonyl (C=O) groups excluding carboxylic acids is 1. The summed E-state index contributed by atoms with van der Waals surface area (Å²) in [6.45, 7) is 1.92. The molecule has 1 aliphatic rings. The number of allylic oxidation sites excluding steroid dienone is 1. The lowest BCUT2D eigenvalue weighted by Gasteiger charge is -2.24. The molecular formula is C25H19ClFN5O. The van der Waals surface area contributed by atoms with Gasteiger partial charge in [-0.25, -0.2) is 9.07 Å². The van der Waals surface area contributed by atoms with Crippen LogP contribution >= 0.6 is 11.6 Å². The number of amides is 1. The molecule has 0 aliphatic carbocycles. The monoisotopic (exact) mass is 459 g/mol. The zero-order chi connectivity index (χ0) is 22.9. The van der Waals surface area contributed by atoms with Crippen LogP contribution in [0.25, 0.3) is 5.70 Å². The Morgan fingerprint density at radius 1 is 1.09 bits per heavy atom. The quantitative estimate of drug-likeness (QED) is 0.411. The number of hydrogen-bond acceptors (Lipinski definition) is 4. The molecule has 1 aromatic heterocycles. The number of rotatable bonds is 4. The topological polar surface area (TPSA) is 71.8 Å². The van der Waals surface area contributed by atoms with E-state index in [0.717, 1.165) is 22.4 Å². The van der Waals surface area contributed by atoms with Crippen LogP contribution in [0.2, 0.25) is 5.02 Å². The van der Waals surface area contributed by atoms with Crippen LogP contribution < -0.4 is 10.6 Å². The van der Waals surface area contributed by atoms with Gasteiger partial charge < -0.3 is 5.32 Å². The largest absolute Gasteiger partial charge is 0.324 e. The van der Waals surface area contributed by atoms with E-state index in [1.165, 1.54) is 12.1 Å². The van der Waals surface area contributed by atoms with Crippen LogP contribution in [-0.2, 0) is 0 Å². The molecule has 1 unspecified atom stereocenters. The molecule has 2 heterocycles. The van der Waals surface area contributed by atoms with Crippen LogP contribution in [0.3, 0.4) is 0 Å². The molecular weight excluding hydrogens is 441 g/mol. The van der Waals surface area contributed by atoms with Gasteiger partial charge in [0.25, 0.3) is 11.9 Å². The van der Waals surface area contributed by atoms with Gasteiger partial charge in [-0.2, -0.15) is 4.98 Å². The number of carbonyl (C=O) groups is 1. The highest BCUT2D eigenvalue weighted by Gasteiger charge is 2.26. The molecule has 1 aliphatic heterocycles. The number of aromatic nitrogens is 3. The molecule has 1 amide bonds. The van der Waals surface area contributed by atoms with Crippen molar-refractivity contribution in [1.29, 1.82) is 0 Å². The smallest absolute Gasteiger partial charge is 0.258 e. The second-order valence-corrected chi connectivity index (χ2v) is 8.17. The molecule has 4 aromatic rings. The second-order valence-electron chi connectivity index (χ2n) is 7.74. The lowest BCUT2D eigenvalue weighted by atomic mass is 10.0. The number of fused-ring (bicyclic) bond motifs is 1. The van der Waals surface area contributed by atoms with E-state index in [-0.39, 0.29) is 23.7 Å². The van der Waals surface area contributed by atoms with Crippen LogP contribution in [0.1, 0.15) is 33.1 Å². The summed E-state index contributed by atoms with van der Waals surface area (Å²) in [5, 5.41) is 11.2. The molecule has 0 spiro atoms. The fourth-order valence-corrected chi connectivity index (χ4v) is 3.83. The van der Waals surface area contributed by atoms with Crippen molar-refractivity contribution in [3.05, 3.63) is 112 Å². The third-order valence-electron chi connectivity index (χ3n) is 5.34. The average Bonchev–Trinajstić information content (AvgIpc) is 3.22. The van der Waals surface area contributed by atoms with E-state index in [2.05, 4.69) is 20.7 Å². The predicted molar refractivity (Wildman–Crippen MR) is 127 cm³/mol. The molecule has 3 aromatic carbocycles. The van der Waals surface area contributed by atoms with Crippen molar-refractivity contribution in [3.63, 3.8) is 0 Å². The van der Waals surface area contributed by atoms with E-state index in [1.54, 1.807) is 41.1 Å². The fourth-order valence-electron chi connectivity index (χ4n) is 3.70. The van der Waals surface area contributed by atoms with E-state index in [0.29, 0.717) is 16.5 Å². The molecule has 164 valence electrons. The highest BCUT2D eigenvalue weighted by atomic mass is 35.5. The average molecular weight is 460 g/mol. The zero-order valence-electron chi connectivity index (χ0n) is 17.6. The first kappa shape index (κ1) is 20.9. The third kappa shape index (κ3) is 4.36. The first-order valence-corrected chi connectivity index (χ1v) is 10.7. The lowest BCUT2D eigenvalue weighted by Crippen LogP contribution is -2.20. The standard InChI is InChI=1S/C25H19ClFN5O/c1-15-3-2-4-18(13-15)23(33)29-24-30-25-28-21(16-5-9-19(26)10-6-16)14-22(32(25)31-24)17-7-11-20(27)12-8-17/h2-14,22H,1H3,(H2,28,29,30,31,33). The van der Waals surface area contributed by atoms with Crippen LogP contribution in [-0.4, -0.2) is 20.7 Å². The fraction of sp³-hybridized carbons (Fsp3) is 0.0800. The molecule has 6 nitrogen and oxygen atoms in total. The van der Waals surface area contributed by atoms with Gasteiger partial charge in [-0.05, 0) is 60.5 Å². The Kier molecular flexibility index (Phi) is 5.40. The van der Waals surface area contributed by atoms with Crippen molar-refractivity contribution in [2.75, 3.05) is 10.6 Å². The SMILES string of the molecule is Cc1cccc(C(=O)Nc2nc3n(n2)C(c2ccc(F)cc2)C=C(c2ccc(Cl)cc2)N3)c1. The lowest BCUT2D eigenvalue weighted by molar-refractivity contribution is 0.102. The third-order valence-corrected chi connectivity index (χ3v) is 5.59. The van der Waals surface area contributed by atoms with Crippen molar-refractivity contribution in [2.45, 2.75) is 13.0 Å². The molecule has 33 heavy (non-hydrogen) atoms. The molecule has 0 saturated heterocycles. The molecule has 8 heteroatoms. The van der Waals surface area contributed by atoms with Gasteiger partial charge in [-0.15, -0.1) is 5.10 Å². The Morgan fingerprint density at radius 3 is 2.58 bits per heavy atom. The summed E-state index contributed by atoms with van der Waals surface area (Å²) in [5.41, 5.74) is 4.04. The van der Waals surface area contributed by atoms with Gasteiger partial charge in [-0.3, -0.25) is 10.1 Å². The summed E-state index contributed by atoms with van der Waals surface area (Å²) in [4.78, 5) is 17.2. The van der Waals surface area contributed by atoms with E-state index in [9.17, 15) is 9.18 Å². The normalized spacial score (nSPS) is 14.8. The van der Waals surface area contributed by atoms with Crippen molar-refractivity contribution in [3.8, 4) is 0 Å². The second kappa shape index (κ2) is 8.52. The number of hydrogen-bond donors (Lipinski definition) is 2. The van der Waals surface area contributed by atoms with Gasteiger partial charge >= 0.3 is 0 Å². The summed E-state index contributed by atoms with van der Waals surface area (Å²) in [7, 11) is 0. The van der Waals surface area contributed by atoms with Gasteiger partial charge in [0.1, 0.15) is 11.9 Å². The van der Waals surface area contributed by atoms with Crippen LogP contribution in [0.5, 0.6) is 0 Å². The van der Waals surface area contributed by atoms with E-state index < -0.39 is 0 Å². The van der Waals surface area contributed by atoms with Crippen LogP contribution in [0.4, 0.5) is 16.3 Å². The van der Waals surface area contributed by atoms with Crippen molar-refractivity contribution in [2.24, 2.45) is 0 Å². The first-order chi connectivity index (χ1) is 16.0. The minimum absolute atomic E-state index is 0.168. The molecule has 0 fully saturated rings. The predicted octanol–water partition coefficient (Wildman–Crippen LogP) is 5.69. The van der Waals surface area contributed by atoms with Crippen molar-refractivity contribution < 1.29 is 9.18 Å². The maximum atomic E-state index is 13.5. The molecule has 1 atom stereocenters. The van der Waals surface area contributed by atoms with Gasteiger partial charge in [0.05, 0.1) is 0 Å². The number of benzene rings is 3. The van der Waals surface area contributed by atoms with Gasteiger partial charge in [0.15, 0.2) is 0 Å².